The number of aromatic nitrogens is 1. The van der Waals surface area contributed by atoms with Gasteiger partial charge in [0.05, 0.1) is 17.9 Å². The topological polar surface area (TPSA) is 77.2 Å². The molecule has 0 aliphatic rings. The lowest BCUT2D eigenvalue weighted by Crippen LogP contribution is -2.39. The number of halogens is 5. The highest BCUT2D eigenvalue weighted by atomic mass is 35.5. The lowest BCUT2D eigenvalue weighted by Gasteiger charge is -2.15. The number of carbonyl (C=O) groups is 1. The van der Waals surface area contributed by atoms with Crippen molar-refractivity contribution >= 4 is 36.4 Å². The van der Waals surface area contributed by atoms with Gasteiger partial charge in [-0.15, -0.1) is 24.8 Å². The number of alkyl halides is 3. The van der Waals surface area contributed by atoms with Gasteiger partial charge in [0.2, 0.25) is 11.8 Å². The molecule has 0 spiro atoms. The number of nitrogens with two attached hydrogens (primary N) is 1. The fourth-order valence-electron chi connectivity index (χ4n) is 1.22. The van der Waals surface area contributed by atoms with Crippen molar-refractivity contribution in [2.75, 3.05) is 11.9 Å². The van der Waals surface area contributed by atoms with Crippen LogP contribution >= 0.6 is 24.8 Å². The lowest BCUT2D eigenvalue weighted by atomic mass is 10.1. The molecule has 22 heavy (non-hydrogen) atoms. The van der Waals surface area contributed by atoms with Gasteiger partial charge in [0.25, 0.3) is 0 Å². The summed E-state index contributed by atoms with van der Waals surface area (Å²) in [5, 5.41) is 2.52. The van der Waals surface area contributed by atoms with Crippen LogP contribution < -0.4 is 15.8 Å². The fourth-order valence-corrected chi connectivity index (χ4v) is 1.22. The molecule has 0 bridgehead atoms. The maximum Gasteiger partial charge on any atom is 0.422 e. The van der Waals surface area contributed by atoms with E-state index >= 15 is 0 Å². The highest BCUT2D eigenvalue weighted by Gasteiger charge is 2.28. The predicted molar refractivity (Wildman–Crippen MR) is 81.7 cm³/mol. The third kappa shape index (κ3) is 8.26. The summed E-state index contributed by atoms with van der Waals surface area (Å²) in [7, 11) is 0. The Morgan fingerprint density at radius 3 is 2.36 bits per heavy atom. The molecule has 10 heteroatoms. The number of anilines is 1. The van der Waals surface area contributed by atoms with Gasteiger partial charge in [-0.05, 0) is 12.0 Å². The van der Waals surface area contributed by atoms with Gasteiger partial charge >= 0.3 is 6.18 Å². The van der Waals surface area contributed by atoms with E-state index in [4.69, 9.17) is 5.73 Å². The highest BCUT2D eigenvalue weighted by molar-refractivity contribution is 5.94. The molecule has 0 fully saturated rings. The van der Waals surface area contributed by atoms with Gasteiger partial charge < -0.3 is 15.8 Å². The van der Waals surface area contributed by atoms with Gasteiger partial charge in [-0.2, -0.15) is 13.2 Å². The van der Waals surface area contributed by atoms with Crippen molar-refractivity contribution in [3.63, 3.8) is 0 Å². The maximum atomic E-state index is 11.9. The first-order valence-corrected chi connectivity index (χ1v) is 5.91. The first-order chi connectivity index (χ1) is 9.19. The summed E-state index contributed by atoms with van der Waals surface area (Å²) in [5.41, 5.74) is 5.99. The Kier molecular flexibility index (Phi) is 10.2. The summed E-state index contributed by atoms with van der Waals surface area (Å²) < 4.78 is 40.2. The SMILES string of the molecule is CC(C)C(N)C(=O)Nc1ccc(OCC(F)(F)F)nc1.Cl.Cl. The molecular weight excluding hydrogens is 346 g/mol. The van der Waals surface area contributed by atoms with E-state index in [0.29, 0.717) is 5.69 Å². The summed E-state index contributed by atoms with van der Waals surface area (Å²) in [4.78, 5) is 15.3. The van der Waals surface area contributed by atoms with Crippen LogP contribution in [-0.4, -0.2) is 29.7 Å². The van der Waals surface area contributed by atoms with Crippen LogP contribution in [0.4, 0.5) is 18.9 Å². The molecule has 0 radical (unpaired) electrons. The molecule has 0 aliphatic carbocycles. The minimum atomic E-state index is -4.42. The molecule has 5 nitrogen and oxygen atoms in total. The summed E-state index contributed by atoms with van der Waals surface area (Å²) >= 11 is 0. The first kappa shape index (κ1) is 23.0. The van der Waals surface area contributed by atoms with Gasteiger partial charge in [0, 0.05) is 6.07 Å². The fraction of sp³-hybridized carbons (Fsp3) is 0.500. The molecule has 1 amide bonds. The lowest BCUT2D eigenvalue weighted by molar-refractivity contribution is -0.154. The number of carbonyl (C=O) groups excluding carboxylic acids is 1. The summed E-state index contributed by atoms with van der Waals surface area (Å²) in [6.07, 6.45) is -3.21. The molecule has 0 aromatic carbocycles. The molecule has 0 saturated heterocycles. The van der Waals surface area contributed by atoms with Gasteiger partial charge in [-0.3, -0.25) is 4.79 Å². The number of rotatable bonds is 5. The summed E-state index contributed by atoms with van der Waals surface area (Å²) in [5.74, 6) is -0.586. The Hall–Kier alpha value is -1.25. The quantitative estimate of drug-likeness (QED) is 0.842. The number of hydrogen-bond acceptors (Lipinski definition) is 4. The Morgan fingerprint density at radius 2 is 1.95 bits per heavy atom. The molecule has 0 aliphatic heterocycles. The normalized spacial score (nSPS) is 12.0. The van der Waals surface area contributed by atoms with Crippen molar-refractivity contribution in [3.8, 4) is 5.88 Å². The zero-order chi connectivity index (χ0) is 15.3. The largest absolute Gasteiger partial charge is 0.468 e. The van der Waals surface area contributed by atoms with Crippen molar-refractivity contribution in [1.29, 1.82) is 0 Å². The molecule has 1 aromatic heterocycles. The standard InChI is InChI=1S/C12H16F3N3O2.2ClH/c1-7(2)10(16)11(19)18-8-3-4-9(17-5-8)20-6-12(13,14)15;;/h3-5,7,10H,6,16H2,1-2H3,(H,18,19);2*1H. The number of nitrogens with zero attached hydrogens (tertiary/aromatic N) is 1. The molecule has 1 aromatic rings. The average molecular weight is 364 g/mol. The van der Waals surface area contributed by atoms with Crippen LogP contribution in [0.1, 0.15) is 13.8 Å². The van der Waals surface area contributed by atoms with Crippen LogP contribution in [0, 0.1) is 5.92 Å². The molecule has 0 saturated carbocycles. The Morgan fingerprint density at radius 1 is 1.36 bits per heavy atom. The van der Waals surface area contributed by atoms with E-state index in [1.165, 1.54) is 18.3 Å². The predicted octanol–water partition coefficient (Wildman–Crippen LogP) is 2.79. The van der Waals surface area contributed by atoms with Crippen molar-refractivity contribution in [2.45, 2.75) is 26.1 Å². The minimum absolute atomic E-state index is 0. The number of ether oxygens (including phenoxy) is 1. The van der Waals surface area contributed by atoms with E-state index in [2.05, 4.69) is 15.0 Å². The molecular formula is C12H18Cl2F3N3O2. The molecule has 1 unspecified atom stereocenters. The Balaban J connectivity index is 0. The van der Waals surface area contributed by atoms with E-state index in [-0.39, 0.29) is 42.5 Å². The molecule has 1 heterocycles. The van der Waals surface area contributed by atoms with Crippen LogP contribution in [0.2, 0.25) is 0 Å². The second-order valence-corrected chi connectivity index (χ2v) is 4.55. The number of nitrogens with one attached hydrogen (secondary N) is 1. The van der Waals surface area contributed by atoms with Gasteiger partial charge in [0.1, 0.15) is 0 Å². The third-order valence-electron chi connectivity index (χ3n) is 2.41. The number of amides is 1. The van der Waals surface area contributed by atoms with Crippen LogP contribution in [0.25, 0.3) is 0 Å². The van der Waals surface area contributed by atoms with E-state index in [1.807, 2.05) is 0 Å². The van der Waals surface area contributed by atoms with Crippen molar-refractivity contribution in [2.24, 2.45) is 11.7 Å². The minimum Gasteiger partial charge on any atom is -0.468 e. The Labute approximate surface area is 138 Å². The number of hydrogen-bond donors (Lipinski definition) is 2. The van der Waals surface area contributed by atoms with E-state index in [0.717, 1.165) is 0 Å². The van der Waals surface area contributed by atoms with Gasteiger partial charge in [0.15, 0.2) is 6.61 Å². The second-order valence-electron chi connectivity index (χ2n) is 4.55. The summed E-state index contributed by atoms with van der Waals surface area (Å²) in [6.45, 7) is 2.19. The van der Waals surface area contributed by atoms with E-state index in [9.17, 15) is 18.0 Å². The molecule has 1 rings (SSSR count). The van der Waals surface area contributed by atoms with Crippen LogP contribution in [-0.2, 0) is 4.79 Å². The van der Waals surface area contributed by atoms with Crippen LogP contribution in [0.15, 0.2) is 18.3 Å². The van der Waals surface area contributed by atoms with Crippen LogP contribution in [0.5, 0.6) is 5.88 Å². The zero-order valence-electron chi connectivity index (χ0n) is 11.9. The second kappa shape index (κ2) is 9.70. The smallest absolute Gasteiger partial charge is 0.422 e. The molecule has 1 atom stereocenters. The summed E-state index contributed by atoms with van der Waals surface area (Å²) in [6, 6.07) is 1.96. The molecule has 3 N–H and O–H groups in total. The highest BCUT2D eigenvalue weighted by Crippen LogP contribution is 2.18. The van der Waals surface area contributed by atoms with Crippen LogP contribution in [0.3, 0.4) is 0 Å². The van der Waals surface area contributed by atoms with Gasteiger partial charge in [-0.25, -0.2) is 4.98 Å². The average Bonchev–Trinajstić information content (AvgIpc) is 2.36. The van der Waals surface area contributed by atoms with Gasteiger partial charge in [-0.1, -0.05) is 13.8 Å². The third-order valence-corrected chi connectivity index (χ3v) is 2.41. The Bertz CT molecular complexity index is 456. The zero-order valence-corrected chi connectivity index (χ0v) is 13.5. The van der Waals surface area contributed by atoms with E-state index < -0.39 is 18.8 Å². The van der Waals surface area contributed by atoms with Crippen molar-refractivity contribution in [3.05, 3.63) is 18.3 Å². The number of pyridine rings is 1. The maximum absolute atomic E-state index is 11.9. The monoisotopic (exact) mass is 363 g/mol. The molecule has 128 valence electrons. The van der Waals surface area contributed by atoms with E-state index in [1.54, 1.807) is 13.8 Å². The first-order valence-electron chi connectivity index (χ1n) is 5.91. The van der Waals surface area contributed by atoms with Crippen molar-refractivity contribution < 1.29 is 22.7 Å². The van der Waals surface area contributed by atoms with Crippen molar-refractivity contribution in [1.82, 2.24) is 4.98 Å².